The molecule has 0 saturated heterocycles. The summed E-state index contributed by atoms with van der Waals surface area (Å²) >= 11 is 0. The van der Waals surface area contributed by atoms with Crippen LogP contribution in [0.2, 0.25) is 0 Å². The van der Waals surface area contributed by atoms with Crippen LogP contribution in [-0.2, 0) is 19.9 Å². The third-order valence-electron chi connectivity index (χ3n) is 1.97. The molecule has 0 N–H and O–H groups in total. The van der Waals surface area contributed by atoms with Crippen LogP contribution in [0.25, 0.3) is 0 Å². The smallest absolute Gasteiger partial charge is 0.0949 e. The first kappa shape index (κ1) is 12.2. The van der Waals surface area contributed by atoms with Crippen molar-refractivity contribution < 1.29 is 0 Å². The molecule has 0 amide bonds. The second-order valence-electron chi connectivity index (χ2n) is 2.60. The zero-order chi connectivity index (χ0) is 10.3. The fraction of sp³-hybridized carbons (Fsp3) is 0.727. The summed E-state index contributed by atoms with van der Waals surface area (Å²) in [5.74, 6) is 0. The van der Waals surface area contributed by atoms with Gasteiger partial charge in [-0.1, -0.05) is 27.7 Å². The van der Waals surface area contributed by atoms with Crippen molar-refractivity contribution in [3.8, 4) is 0 Å². The Hall–Kier alpha value is -0.790. The highest BCUT2D eigenvalue weighted by Crippen LogP contribution is 2.18. The van der Waals surface area contributed by atoms with E-state index in [-0.39, 0.29) is 0 Å². The lowest BCUT2D eigenvalue weighted by molar-refractivity contribution is 0.796. The van der Waals surface area contributed by atoms with E-state index in [1.54, 1.807) is 0 Å². The van der Waals surface area contributed by atoms with Crippen molar-refractivity contribution in [2.24, 2.45) is 7.05 Å². The van der Waals surface area contributed by atoms with Crippen molar-refractivity contribution >= 4 is 0 Å². The normalized spacial score (nSPS) is 12.1. The molecule has 0 spiro atoms. The van der Waals surface area contributed by atoms with Gasteiger partial charge in [0.1, 0.15) is 0 Å². The van der Waals surface area contributed by atoms with Gasteiger partial charge in [0.05, 0.1) is 12.0 Å². The number of imidazole rings is 1. The van der Waals surface area contributed by atoms with Crippen LogP contribution in [0, 0.1) is 0 Å². The van der Waals surface area contributed by atoms with Crippen LogP contribution in [0.4, 0.5) is 0 Å². The Morgan fingerprint density at radius 1 is 1.15 bits per heavy atom. The van der Waals surface area contributed by atoms with E-state index in [0.29, 0.717) is 0 Å². The van der Waals surface area contributed by atoms with Crippen LogP contribution >= 0.6 is 0 Å². The van der Waals surface area contributed by atoms with Crippen molar-refractivity contribution in [1.82, 2.24) is 9.55 Å². The van der Waals surface area contributed by atoms with Crippen molar-refractivity contribution in [2.75, 3.05) is 0 Å². The zero-order valence-electron chi connectivity index (χ0n) is 9.59. The lowest BCUT2D eigenvalue weighted by Crippen LogP contribution is -1.90. The van der Waals surface area contributed by atoms with E-state index in [2.05, 4.69) is 16.6 Å². The van der Waals surface area contributed by atoms with Crippen molar-refractivity contribution in [2.45, 2.75) is 47.0 Å². The van der Waals surface area contributed by atoms with E-state index in [1.165, 1.54) is 30.7 Å². The number of nitrogens with zero attached hydrogens (tertiary/aromatic N) is 2. The largest absolute Gasteiger partial charge is 0.337 e. The first-order chi connectivity index (χ1) is 6.38. The highest BCUT2D eigenvalue weighted by Gasteiger charge is 2.13. The topological polar surface area (TPSA) is 17.8 Å². The summed E-state index contributed by atoms with van der Waals surface area (Å²) in [4.78, 5) is 4.26. The molecule has 1 heterocycles. The second kappa shape index (κ2) is 6.70. The van der Waals surface area contributed by atoms with Gasteiger partial charge in [0.25, 0.3) is 0 Å². The molecule has 1 aromatic heterocycles. The van der Waals surface area contributed by atoms with Gasteiger partial charge >= 0.3 is 0 Å². The second-order valence-corrected chi connectivity index (χ2v) is 2.60. The molecule has 1 aliphatic carbocycles. The number of fused-ring (bicyclic) bond motifs is 1. The van der Waals surface area contributed by atoms with Gasteiger partial charge in [-0.3, -0.25) is 0 Å². The molecule has 2 heteroatoms. The van der Waals surface area contributed by atoms with Gasteiger partial charge in [-0.25, -0.2) is 4.98 Å². The Kier molecular flexibility index (Phi) is 6.29. The first-order valence-electron chi connectivity index (χ1n) is 5.37. The molecule has 0 saturated carbocycles. The number of hydrogen-bond acceptors (Lipinski definition) is 1. The molecule has 0 radical (unpaired) electrons. The van der Waals surface area contributed by atoms with Gasteiger partial charge in [0, 0.05) is 12.7 Å². The minimum atomic E-state index is 1.19. The third kappa shape index (κ3) is 2.87. The van der Waals surface area contributed by atoms with Crippen LogP contribution in [-0.4, -0.2) is 9.55 Å². The molecular formula is C11H22N2. The predicted octanol–water partition coefficient (Wildman–Crippen LogP) is 2.96. The highest BCUT2D eigenvalue weighted by molar-refractivity contribution is 5.17. The fourth-order valence-corrected chi connectivity index (χ4v) is 1.46. The lowest BCUT2D eigenvalue weighted by Gasteiger charge is -1.92. The van der Waals surface area contributed by atoms with Crippen molar-refractivity contribution in [3.63, 3.8) is 0 Å². The van der Waals surface area contributed by atoms with Crippen LogP contribution < -0.4 is 0 Å². The SMILES string of the molecule is CC.CC.Cn1cnc2c1CCC2. The van der Waals surface area contributed by atoms with Crippen LogP contribution in [0.15, 0.2) is 6.33 Å². The molecule has 0 aromatic carbocycles. The number of aromatic nitrogens is 2. The Morgan fingerprint density at radius 2 is 1.77 bits per heavy atom. The highest BCUT2D eigenvalue weighted by atomic mass is 15.0. The van der Waals surface area contributed by atoms with Gasteiger partial charge in [-0.05, 0) is 19.3 Å². The molecule has 0 fully saturated rings. The molecule has 1 aromatic rings. The fourth-order valence-electron chi connectivity index (χ4n) is 1.46. The monoisotopic (exact) mass is 182 g/mol. The number of hydrogen-bond donors (Lipinski definition) is 0. The van der Waals surface area contributed by atoms with E-state index in [9.17, 15) is 0 Å². The Bertz CT molecular complexity index is 226. The molecule has 76 valence electrons. The summed E-state index contributed by atoms with van der Waals surface area (Å²) in [6.07, 6.45) is 5.62. The summed E-state index contributed by atoms with van der Waals surface area (Å²) in [5, 5.41) is 0. The van der Waals surface area contributed by atoms with E-state index in [4.69, 9.17) is 0 Å². The molecule has 0 atom stereocenters. The minimum absolute atomic E-state index is 1.19. The standard InChI is InChI=1S/C7H10N2.2C2H6/c1-9-5-8-6-3-2-4-7(6)9;2*1-2/h5H,2-4H2,1H3;2*1-2H3. The van der Waals surface area contributed by atoms with Crippen LogP contribution in [0.3, 0.4) is 0 Å². The van der Waals surface area contributed by atoms with E-state index in [1.807, 2.05) is 34.0 Å². The quantitative estimate of drug-likeness (QED) is 0.603. The maximum Gasteiger partial charge on any atom is 0.0949 e. The maximum absolute atomic E-state index is 4.26. The van der Waals surface area contributed by atoms with Gasteiger partial charge in [-0.2, -0.15) is 0 Å². The zero-order valence-corrected chi connectivity index (χ0v) is 9.59. The Morgan fingerprint density at radius 3 is 2.31 bits per heavy atom. The van der Waals surface area contributed by atoms with Gasteiger partial charge in [-0.15, -0.1) is 0 Å². The molecule has 0 bridgehead atoms. The number of aryl methyl sites for hydroxylation is 2. The molecule has 2 nitrogen and oxygen atoms in total. The van der Waals surface area contributed by atoms with E-state index < -0.39 is 0 Å². The van der Waals surface area contributed by atoms with Gasteiger partial charge in [0.2, 0.25) is 0 Å². The molecular weight excluding hydrogens is 160 g/mol. The minimum Gasteiger partial charge on any atom is -0.337 e. The summed E-state index contributed by atoms with van der Waals surface area (Å²) in [6, 6.07) is 0. The average molecular weight is 182 g/mol. The summed E-state index contributed by atoms with van der Waals surface area (Å²) < 4.78 is 2.13. The maximum atomic E-state index is 4.26. The van der Waals surface area contributed by atoms with Crippen molar-refractivity contribution in [3.05, 3.63) is 17.7 Å². The molecule has 1 aliphatic rings. The number of rotatable bonds is 0. The Labute approximate surface area is 82.0 Å². The average Bonchev–Trinajstić information content (AvgIpc) is 2.78. The van der Waals surface area contributed by atoms with Crippen LogP contribution in [0.5, 0.6) is 0 Å². The van der Waals surface area contributed by atoms with Crippen LogP contribution in [0.1, 0.15) is 45.5 Å². The molecule has 13 heavy (non-hydrogen) atoms. The van der Waals surface area contributed by atoms with E-state index >= 15 is 0 Å². The van der Waals surface area contributed by atoms with Gasteiger partial charge in [0.15, 0.2) is 0 Å². The first-order valence-corrected chi connectivity index (χ1v) is 5.37. The Balaban J connectivity index is 0.000000322. The summed E-state index contributed by atoms with van der Waals surface area (Å²) in [5.41, 5.74) is 2.76. The van der Waals surface area contributed by atoms with Gasteiger partial charge < -0.3 is 4.57 Å². The molecule has 2 rings (SSSR count). The van der Waals surface area contributed by atoms with Crippen molar-refractivity contribution in [1.29, 1.82) is 0 Å². The lowest BCUT2D eigenvalue weighted by atomic mass is 10.4. The third-order valence-corrected chi connectivity index (χ3v) is 1.97. The van der Waals surface area contributed by atoms with E-state index in [0.717, 1.165) is 0 Å². The molecule has 0 unspecified atom stereocenters. The summed E-state index contributed by atoms with van der Waals surface area (Å²) in [7, 11) is 2.07. The molecule has 0 aliphatic heterocycles. The summed E-state index contributed by atoms with van der Waals surface area (Å²) in [6.45, 7) is 8.00. The predicted molar refractivity (Wildman–Crippen MR) is 57.9 cm³/mol.